The number of ether oxygens (including phenoxy) is 4. The van der Waals surface area contributed by atoms with E-state index < -0.39 is 52.4 Å². The van der Waals surface area contributed by atoms with E-state index in [0.717, 1.165) is 74.0 Å². The molecule has 358 valence electrons. The van der Waals surface area contributed by atoms with E-state index in [1.807, 2.05) is 26.8 Å². The van der Waals surface area contributed by atoms with Crippen LogP contribution in [-0.4, -0.2) is 101 Å². The summed E-state index contributed by atoms with van der Waals surface area (Å²) in [5.41, 5.74) is 1.72. The molecule has 0 unspecified atom stereocenters. The number of aliphatic hydroxyl groups is 5. The Bertz CT molecular complexity index is 2250. The standard InChI is InChI=1S/C54H78N2O9/c1-26-45-40(62-52(26)14-12-46(3,4)64-52)19-32-30-11-10-28-16-35-37(23-48(28,6)31(30)20-41(59)50(32,45)8)56-36-17-29-18-39(58)44-33(49(29,7)24-38(36)55-35)21-42(60)51(9)34(44)22-43-54(51,61)27(2)53(63-43)15-13-47(5,25-57)65-53/h22,26-33,39-45,57-61H,10-21,23-25H2,1-9H3/t26-,27+,28-,29-,30-,31-,32+,33+,39-,40+,41-,42+,43-,44-,45-,47+,48+,49-,50+,51-,52-,53-,54+/m0/s1. The lowest BCUT2D eigenvalue weighted by Crippen LogP contribution is -2.66. The molecule has 5 saturated carbocycles. The Kier molecular flexibility index (Phi) is 8.73. The fraction of sp³-hybridized carbons (Fsp3) is 0.889. The van der Waals surface area contributed by atoms with E-state index in [1.54, 1.807) is 0 Å². The number of hydrogen-bond acceptors (Lipinski definition) is 11. The predicted molar refractivity (Wildman–Crippen MR) is 240 cm³/mol. The largest absolute Gasteiger partial charge is 0.393 e. The van der Waals surface area contributed by atoms with Crippen LogP contribution in [0.25, 0.3) is 0 Å². The number of aromatic nitrogens is 2. The molecular formula is C54H78N2O9. The van der Waals surface area contributed by atoms with E-state index in [0.29, 0.717) is 55.3 Å². The Morgan fingerprint density at radius 3 is 2.02 bits per heavy atom. The van der Waals surface area contributed by atoms with Crippen LogP contribution in [0.1, 0.15) is 149 Å². The fourth-order valence-corrected chi connectivity index (χ4v) is 20.0. The van der Waals surface area contributed by atoms with E-state index in [9.17, 15) is 25.5 Å². The van der Waals surface area contributed by atoms with Crippen LogP contribution in [0.4, 0.5) is 0 Å². The highest BCUT2D eigenvalue weighted by atomic mass is 16.7. The molecule has 23 atom stereocenters. The molecule has 1 aromatic rings. The number of aliphatic hydroxyl groups excluding tert-OH is 4. The Morgan fingerprint density at radius 1 is 0.692 bits per heavy atom. The molecule has 0 radical (unpaired) electrons. The van der Waals surface area contributed by atoms with Crippen LogP contribution in [0.3, 0.4) is 0 Å². The first kappa shape index (κ1) is 43.5. The lowest BCUT2D eigenvalue weighted by molar-refractivity contribution is -0.257. The van der Waals surface area contributed by atoms with E-state index in [1.165, 1.54) is 18.5 Å². The minimum absolute atomic E-state index is 0.00257. The van der Waals surface area contributed by atoms with Crippen molar-refractivity contribution in [2.75, 3.05) is 6.61 Å². The molecule has 0 aromatic carbocycles. The molecule has 11 heteroatoms. The minimum Gasteiger partial charge on any atom is -0.393 e. The van der Waals surface area contributed by atoms with Crippen molar-refractivity contribution < 1.29 is 44.5 Å². The quantitative estimate of drug-likeness (QED) is 0.198. The molecule has 4 saturated heterocycles. The van der Waals surface area contributed by atoms with Crippen LogP contribution in [0.5, 0.6) is 0 Å². The van der Waals surface area contributed by atoms with Crippen LogP contribution < -0.4 is 0 Å². The maximum absolute atomic E-state index is 12.9. The maximum Gasteiger partial charge on any atom is 0.175 e. The molecule has 1 aromatic heterocycles. The summed E-state index contributed by atoms with van der Waals surface area (Å²) in [5, 5.41) is 60.4. The third-order valence-electron chi connectivity index (χ3n) is 23.8. The monoisotopic (exact) mass is 899 g/mol. The normalized spacial score (nSPS) is 59.7. The van der Waals surface area contributed by atoms with Crippen LogP contribution in [-0.2, 0) is 44.6 Å². The van der Waals surface area contributed by atoms with Crippen LogP contribution >= 0.6 is 0 Å². The molecule has 2 spiro atoms. The summed E-state index contributed by atoms with van der Waals surface area (Å²) in [4.78, 5) is 11.2. The molecule has 0 amide bonds. The topological polar surface area (TPSA) is 164 Å². The second-order valence-electron chi connectivity index (χ2n) is 26.7. The zero-order valence-electron chi connectivity index (χ0n) is 40.6. The molecule has 5 N–H and O–H groups in total. The average molecular weight is 899 g/mol. The first-order chi connectivity index (χ1) is 30.5. The van der Waals surface area contributed by atoms with Crippen molar-refractivity contribution in [1.29, 1.82) is 0 Å². The molecule has 4 aliphatic heterocycles. The molecule has 0 bridgehead atoms. The lowest BCUT2D eigenvalue weighted by Gasteiger charge is -2.62. The molecule has 11 nitrogen and oxygen atoms in total. The lowest BCUT2D eigenvalue weighted by atomic mass is 9.43. The highest BCUT2D eigenvalue weighted by Crippen LogP contribution is 2.73. The first-order valence-corrected chi connectivity index (χ1v) is 26.2. The third kappa shape index (κ3) is 5.11. The van der Waals surface area contributed by atoms with E-state index >= 15 is 0 Å². The van der Waals surface area contributed by atoms with Crippen molar-refractivity contribution in [3.8, 4) is 0 Å². The van der Waals surface area contributed by atoms with Gasteiger partial charge in [-0.2, -0.15) is 0 Å². The Morgan fingerprint density at radius 2 is 1.35 bits per heavy atom. The van der Waals surface area contributed by atoms with Gasteiger partial charge in [0.2, 0.25) is 0 Å². The number of rotatable bonds is 1. The van der Waals surface area contributed by atoms with Gasteiger partial charge in [0.15, 0.2) is 11.6 Å². The van der Waals surface area contributed by atoms with Crippen molar-refractivity contribution >= 4 is 0 Å². The Hall–Kier alpha value is -1.54. The van der Waals surface area contributed by atoms with Gasteiger partial charge in [-0.15, -0.1) is 0 Å². The van der Waals surface area contributed by atoms with Crippen LogP contribution in [0.15, 0.2) is 11.6 Å². The van der Waals surface area contributed by atoms with Gasteiger partial charge in [-0.25, -0.2) is 0 Å². The smallest absolute Gasteiger partial charge is 0.175 e. The molecular weight excluding hydrogens is 821 g/mol. The summed E-state index contributed by atoms with van der Waals surface area (Å²) in [7, 11) is 0. The summed E-state index contributed by atoms with van der Waals surface area (Å²) >= 11 is 0. The summed E-state index contributed by atoms with van der Waals surface area (Å²) < 4.78 is 27.0. The van der Waals surface area contributed by atoms with E-state index in [-0.39, 0.29) is 64.3 Å². The molecule has 9 fully saturated rings. The summed E-state index contributed by atoms with van der Waals surface area (Å²) in [5.74, 6) is 0.418. The highest BCUT2D eigenvalue weighted by Gasteiger charge is 2.78. The molecule has 65 heavy (non-hydrogen) atoms. The number of fused-ring (bicyclic) bond motifs is 16. The summed E-state index contributed by atoms with van der Waals surface area (Å²) in [6, 6.07) is 0. The molecule has 5 heterocycles. The molecule has 13 rings (SSSR count). The van der Waals surface area contributed by atoms with Crippen molar-refractivity contribution in [3.05, 3.63) is 34.4 Å². The summed E-state index contributed by atoms with van der Waals surface area (Å²) in [6.45, 7) is 19.8. The van der Waals surface area contributed by atoms with Crippen molar-refractivity contribution in [2.24, 2.45) is 80.8 Å². The van der Waals surface area contributed by atoms with Gasteiger partial charge in [0.1, 0.15) is 11.7 Å². The van der Waals surface area contributed by atoms with Gasteiger partial charge in [-0.05, 0) is 144 Å². The third-order valence-corrected chi connectivity index (χ3v) is 23.8. The van der Waals surface area contributed by atoms with E-state index in [2.05, 4.69) is 41.5 Å². The second kappa shape index (κ2) is 13.0. The van der Waals surface area contributed by atoms with Crippen LogP contribution in [0.2, 0.25) is 0 Å². The van der Waals surface area contributed by atoms with Gasteiger partial charge < -0.3 is 44.5 Å². The molecule has 12 aliphatic rings. The molecule has 8 aliphatic carbocycles. The average Bonchev–Trinajstić information content (AvgIpc) is 4.02. The van der Waals surface area contributed by atoms with Gasteiger partial charge >= 0.3 is 0 Å². The zero-order valence-corrected chi connectivity index (χ0v) is 40.6. The van der Waals surface area contributed by atoms with Gasteiger partial charge in [-0.1, -0.05) is 53.2 Å². The predicted octanol–water partition coefficient (Wildman–Crippen LogP) is 6.40. The maximum atomic E-state index is 12.9. The van der Waals surface area contributed by atoms with Crippen molar-refractivity contribution in [3.63, 3.8) is 0 Å². The highest BCUT2D eigenvalue weighted by molar-refractivity contribution is 5.43. The van der Waals surface area contributed by atoms with Crippen molar-refractivity contribution in [1.82, 2.24) is 9.97 Å². The Labute approximate surface area is 386 Å². The fourth-order valence-electron chi connectivity index (χ4n) is 20.0. The zero-order chi connectivity index (χ0) is 45.6. The van der Waals surface area contributed by atoms with Gasteiger partial charge in [0, 0.05) is 47.3 Å². The second-order valence-corrected chi connectivity index (χ2v) is 26.7. The van der Waals surface area contributed by atoms with Crippen LogP contribution in [0, 0.1) is 80.8 Å². The van der Waals surface area contributed by atoms with Gasteiger partial charge in [0.05, 0.1) is 65.0 Å². The van der Waals surface area contributed by atoms with Gasteiger partial charge in [0.25, 0.3) is 0 Å². The number of nitrogens with zero attached hydrogens (tertiary/aromatic N) is 2. The summed E-state index contributed by atoms with van der Waals surface area (Å²) in [6.07, 6.45) is 11.5. The first-order valence-electron chi connectivity index (χ1n) is 26.2. The number of hydrogen-bond donors (Lipinski definition) is 5. The Balaban J connectivity index is 0.769. The van der Waals surface area contributed by atoms with E-state index in [4.69, 9.17) is 28.9 Å². The SMILES string of the molecule is C[C@@H]1[C@@]2(CC[C@](C)(CO)O2)O[C@H]2C=C3[C@@H]4[C@@H](C[C@@H](O)[C@@]3(C)[C@]21O)[C@@]1(C)Cc2nc3c(nc2C[C@H]1C[C@@H]4O)C[C@]1(C)[C@@H](CC[C@@H]2[C@H]4C[C@H]5O[C@]6(CCC(C)(C)O6)[C@@H](C)[C@@H]5[C@@]4(C)[C@@H](O)C[C@@H]21)C3. The van der Waals surface area contributed by atoms with Gasteiger partial charge in [-0.3, -0.25) is 9.97 Å². The minimum atomic E-state index is -1.42. The van der Waals surface area contributed by atoms with Crippen molar-refractivity contribution in [2.45, 2.75) is 211 Å².